The molecule has 0 aliphatic carbocycles. The fraction of sp³-hybridized carbons (Fsp3) is 1.00. The van der Waals surface area contributed by atoms with Gasteiger partial charge in [0.1, 0.15) is 0 Å². The maximum absolute atomic E-state index is 5.89. The van der Waals surface area contributed by atoms with E-state index in [9.17, 15) is 0 Å². The molecule has 0 aromatic rings. The normalized spacial score (nSPS) is 12.7. The van der Waals surface area contributed by atoms with Crippen LogP contribution in [0.3, 0.4) is 0 Å². The Bertz CT molecular complexity index is 179. The maximum atomic E-state index is 5.89. The highest BCUT2D eigenvalue weighted by atomic mass is 16.5. The molecule has 0 aliphatic rings. The van der Waals surface area contributed by atoms with Crippen molar-refractivity contribution >= 4 is 0 Å². The zero-order valence-electron chi connectivity index (χ0n) is 12.6. The van der Waals surface area contributed by atoms with Crippen molar-refractivity contribution in [1.82, 2.24) is 4.90 Å². The lowest BCUT2D eigenvalue weighted by atomic mass is 10.0. The number of unbranched alkanes of at least 4 members (excludes halogenated alkanes) is 1. The molecule has 3 nitrogen and oxygen atoms in total. The van der Waals surface area contributed by atoms with Gasteiger partial charge in [-0.3, -0.25) is 0 Å². The standard InChI is InChI=1S/C14H31NO2/c1-13(2)16-11-8-7-9-14(3,4)17-12-10-15(5)6/h13H,7-12H2,1-6H3. The zero-order chi connectivity index (χ0) is 13.3. The average Bonchev–Trinajstić information content (AvgIpc) is 2.15. The molecule has 0 unspecified atom stereocenters. The minimum absolute atomic E-state index is 0.00611. The average molecular weight is 245 g/mol. The first kappa shape index (κ1) is 16.9. The first-order valence-electron chi connectivity index (χ1n) is 6.74. The molecule has 0 N–H and O–H groups in total. The van der Waals surface area contributed by atoms with E-state index in [1.807, 2.05) is 0 Å². The van der Waals surface area contributed by atoms with Crippen LogP contribution in [0, 0.1) is 0 Å². The first-order valence-corrected chi connectivity index (χ1v) is 6.74. The number of hydrogen-bond donors (Lipinski definition) is 0. The highest BCUT2D eigenvalue weighted by Gasteiger charge is 2.17. The molecule has 0 atom stereocenters. The van der Waals surface area contributed by atoms with Gasteiger partial charge in [0, 0.05) is 13.2 Å². The Balaban J connectivity index is 3.50. The molecule has 0 bridgehead atoms. The summed E-state index contributed by atoms with van der Waals surface area (Å²) in [6, 6.07) is 0. The van der Waals surface area contributed by atoms with E-state index in [0.717, 1.165) is 32.6 Å². The van der Waals surface area contributed by atoms with Gasteiger partial charge in [-0.25, -0.2) is 0 Å². The smallest absolute Gasteiger partial charge is 0.0627 e. The highest BCUT2D eigenvalue weighted by Crippen LogP contribution is 2.17. The Labute approximate surface area is 107 Å². The van der Waals surface area contributed by atoms with Gasteiger partial charge in [-0.05, 0) is 61.1 Å². The van der Waals surface area contributed by atoms with E-state index in [2.05, 4.69) is 46.7 Å². The van der Waals surface area contributed by atoms with Gasteiger partial charge in [-0.1, -0.05) is 0 Å². The molecule has 0 aromatic heterocycles. The number of nitrogens with zero attached hydrogens (tertiary/aromatic N) is 1. The second-order valence-corrected chi connectivity index (χ2v) is 5.79. The summed E-state index contributed by atoms with van der Waals surface area (Å²) < 4.78 is 11.4. The summed E-state index contributed by atoms with van der Waals surface area (Å²) >= 11 is 0. The molecule has 0 aliphatic heterocycles. The van der Waals surface area contributed by atoms with Crippen LogP contribution in [0.2, 0.25) is 0 Å². The maximum Gasteiger partial charge on any atom is 0.0627 e. The van der Waals surface area contributed by atoms with E-state index in [0.29, 0.717) is 6.10 Å². The van der Waals surface area contributed by atoms with Gasteiger partial charge >= 0.3 is 0 Å². The van der Waals surface area contributed by atoms with Crippen LogP contribution in [-0.4, -0.2) is 50.5 Å². The molecule has 0 heterocycles. The van der Waals surface area contributed by atoms with Crippen LogP contribution in [0.15, 0.2) is 0 Å². The molecule has 0 saturated carbocycles. The molecule has 104 valence electrons. The van der Waals surface area contributed by atoms with Crippen LogP contribution >= 0.6 is 0 Å². The fourth-order valence-corrected chi connectivity index (χ4v) is 1.55. The van der Waals surface area contributed by atoms with Gasteiger partial charge in [-0.2, -0.15) is 0 Å². The largest absolute Gasteiger partial charge is 0.379 e. The van der Waals surface area contributed by atoms with Gasteiger partial charge in [-0.15, -0.1) is 0 Å². The van der Waals surface area contributed by atoms with E-state index >= 15 is 0 Å². The number of rotatable bonds is 10. The minimum Gasteiger partial charge on any atom is -0.379 e. The summed E-state index contributed by atoms with van der Waals surface area (Å²) in [5.74, 6) is 0. The van der Waals surface area contributed by atoms with E-state index in [1.54, 1.807) is 0 Å². The van der Waals surface area contributed by atoms with Crippen LogP contribution in [0.5, 0.6) is 0 Å². The van der Waals surface area contributed by atoms with Crippen molar-refractivity contribution in [2.45, 2.75) is 58.7 Å². The third-order valence-electron chi connectivity index (χ3n) is 2.66. The van der Waals surface area contributed by atoms with Crippen molar-refractivity contribution in [2.75, 3.05) is 33.9 Å². The van der Waals surface area contributed by atoms with Crippen LogP contribution in [-0.2, 0) is 9.47 Å². The quantitative estimate of drug-likeness (QED) is 0.552. The summed E-state index contributed by atoms with van der Waals surface area (Å²) in [5.41, 5.74) is -0.00611. The van der Waals surface area contributed by atoms with E-state index in [1.165, 1.54) is 6.42 Å². The number of hydrogen-bond acceptors (Lipinski definition) is 3. The first-order chi connectivity index (χ1) is 7.83. The van der Waals surface area contributed by atoms with Crippen LogP contribution < -0.4 is 0 Å². The Morgan fingerprint density at radius 2 is 1.71 bits per heavy atom. The van der Waals surface area contributed by atoms with Crippen LogP contribution in [0.1, 0.15) is 47.0 Å². The van der Waals surface area contributed by atoms with Crippen molar-refractivity contribution in [2.24, 2.45) is 0 Å². The summed E-state index contributed by atoms with van der Waals surface area (Å²) in [7, 11) is 4.14. The lowest BCUT2D eigenvalue weighted by Crippen LogP contribution is -2.29. The molecular weight excluding hydrogens is 214 g/mol. The second-order valence-electron chi connectivity index (χ2n) is 5.79. The molecule has 0 aromatic carbocycles. The summed E-state index contributed by atoms with van der Waals surface area (Å²) in [5, 5.41) is 0. The van der Waals surface area contributed by atoms with Crippen molar-refractivity contribution in [3.63, 3.8) is 0 Å². The predicted molar refractivity (Wildman–Crippen MR) is 73.5 cm³/mol. The number of likely N-dealkylation sites (N-methyl/N-ethyl adjacent to an activating group) is 1. The highest BCUT2D eigenvalue weighted by molar-refractivity contribution is 4.68. The van der Waals surface area contributed by atoms with Gasteiger partial charge in [0.2, 0.25) is 0 Å². The zero-order valence-corrected chi connectivity index (χ0v) is 12.6. The third-order valence-corrected chi connectivity index (χ3v) is 2.66. The Morgan fingerprint density at radius 3 is 2.24 bits per heavy atom. The van der Waals surface area contributed by atoms with Crippen molar-refractivity contribution < 1.29 is 9.47 Å². The Hall–Kier alpha value is -0.120. The topological polar surface area (TPSA) is 21.7 Å². The van der Waals surface area contributed by atoms with Crippen LogP contribution in [0.4, 0.5) is 0 Å². The lowest BCUT2D eigenvalue weighted by Gasteiger charge is -2.26. The van der Waals surface area contributed by atoms with Crippen molar-refractivity contribution in [1.29, 1.82) is 0 Å². The van der Waals surface area contributed by atoms with Crippen molar-refractivity contribution in [3.05, 3.63) is 0 Å². The molecule has 0 rings (SSSR count). The molecule has 0 amide bonds. The van der Waals surface area contributed by atoms with Gasteiger partial charge in [0.15, 0.2) is 0 Å². The van der Waals surface area contributed by atoms with Gasteiger partial charge in [0.25, 0.3) is 0 Å². The van der Waals surface area contributed by atoms with Crippen molar-refractivity contribution in [3.8, 4) is 0 Å². The molecule has 0 fully saturated rings. The van der Waals surface area contributed by atoms with Gasteiger partial charge in [0.05, 0.1) is 18.3 Å². The lowest BCUT2D eigenvalue weighted by molar-refractivity contribution is -0.0313. The van der Waals surface area contributed by atoms with E-state index in [4.69, 9.17) is 9.47 Å². The predicted octanol–water partition coefficient (Wildman–Crippen LogP) is 2.94. The third kappa shape index (κ3) is 12.1. The molecule has 17 heavy (non-hydrogen) atoms. The minimum atomic E-state index is -0.00611. The Morgan fingerprint density at radius 1 is 1.06 bits per heavy atom. The summed E-state index contributed by atoms with van der Waals surface area (Å²) in [6.45, 7) is 11.2. The summed E-state index contributed by atoms with van der Waals surface area (Å²) in [4.78, 5) is 2.15. The fourth-order valence-electron chi connectivity index (χ4n) is 1.55. The molecule has 0 spiro atoms. The molecular formula is C14H31NO2. The SMILES string of the molecule is CC(C)OCCCCC(C)(C)OCCN(C)C. The van der Waals surface area contributed by atoms with Gasteiger partial charge < -0.3 is 14.4 Å². The monoisotopic (exact) mass is 245 g/mol. The molecule has 3 heteroatoms. The summed E-state index contributed by atoms with van der Waals surface area (Å²) in [6.07, 6.45) is 3.74. The number of ether oxygens (including phenoxy) is 2. The second kappa shape index (κ2) is 8.90. The molecule has 0 saturated heterocycles. The van der Waals surface area contributed by atoms with E-state index < -0.39 is 0 Å². The van der Waals surface area contributed by atoms with Crippen LogP contribution in [0.25, 0.3) is 0 Å². The Kier molecular flexibility index (Phi) is 8.83. The molecule has 0 radical (unpaired) electrons. The van der Waals surface area contributed by atoms with E-state index in [-0.39, 0.29) is 5.60 Å².